The number of aromatic nitrogens is 2. The van der Waals surface area contributed by atoms with E-state index in [2.05, 4.69) is 15.3 Å². The van der Waals surface area contributed by atoms with Crippen molar-refractivity contribution in [3.05, 3.63) is 41.7 Å². The number of carbonyl (C=O) groups excluding carboxylic acids is 1. The third-order valence-electron chi connectivity index (χ3n) is 2.98. The zero-order valence-electron chi connectivity index (χ0n) is 12.7. The molecule has 1 aromatic carbocycles. The second-order valence-corrected chi connectivity index (χ2v) is 5.11. The predicted octanol–water partition coefficient (Wildman–Crippen LogP) is 3.48. The summed E-state index contributed by atoms with van der Waals surface area (Å²) in [6.45, 7) is 7.33. The summed E-state index contributed by atoms with van der Waals surface area (Å²) in [6, 6.07) is 9.62. The highest BCUT2D eigenvalue weighted by Gasteiger charge is 2.14. The van der Waals surface area contributed by atoms with Gasteiger partial charge in [-0.05, 0) is 26.0 Å². The minimum absolute atomic E-state index is 0.0541. The van der Waals surface area contributed by atoms with Gasteiger partial charge in [0.2, 0.25) is 5.91 Å². The minimum atomic E-state index is -0.0935. The van der Waals surface area contributed by atoms with E-state index in [1.807, 2.05) is 58.0 Å². The molecule has 1 amide bonds. The number of amides is 1. The summed E-state index contributed by atoms with van der Waals surface area (Å²) < 4.78 is 5.61. The van der Waals surface area contributed by atoms with Gasteiger partial charge in [0.1, 0.15) is 5.75 Å². The third kappa shape index (κ3) is 3.78. The molecule has 0 atom stereocenters. The van der Waals surface area contributed by atoms with Gasteiger partial charge >= 0.3 is 6.01 Å². The van der Waals surface area contributed by atoms with E-state index in [1.165, 1.54) is 0 Å². The summed E-state index contributed by atoms with van der Waals surface area (Å²) in [7, 11) is 0. The molecular formula is C16H19N3O2. The Morgan fingerprint density at radius 3 is 2.19 bits per heavy atom. The zero-order valence-corrected chi connectivity index (χ0v) is 12.7. The van der Waals surface area contributed by atoms with Crippen LogP contribution in [0.15, 0.2) is 30.3 Å². The monoisotopic (exact) mass is 285 g/mol. The van der Waals surface area contributed by atoms with Crippen molar-refractivity contribution in [2.24, 2.45) is 5.92 Å². The van der Waals surface area contributed by atoms with Crippen LogP contribution in [0, 0.1) is 19.8 Å². The largest absolute Gasteiger partial charge is 0.424 e. The highest BCUT2D eigenvalue weighted by Crippen LogP contribution is 2.23. The number of ether oxygens (including phenoxy) is 1. The van der Waals surface area contributed by atoms with Crippen LogP contribution in [0.2, 0.25) is 0 Å². The molecule has 0 saturated carbocycles. The van der Waals surface area contributed by atoms with Gasteiger partial charge in [-0.15, -0.1) is 0 Å². The maximum absolute atomic E-state index is 11.8. The Bertz CT molecular complexity index is 616. The lowest BCUT2D eigenvalue weighted by Gasteiger charge is -2.13. The Hall–Kier alpha value is -2.43. The van der Waals surface area contributed by atoms with Crippen molar-refractivity contribution in [2.45, 2.75) is 27.7 Å². The van der Waals surface area contributed by atoms with Crippen molar-refractivity contribution in [2.75, 3.05) is 5.32 Å². The van der Waals surface area contributed by atoms with E-state index in [0.29, 0.717) is 22.8 Å². The lowest BCUT2D eigenvalue weighted by Crippen LogP contribution is -2.20. The molecule has 2 aromatic rings. The summed E-state index contributed by atoms with van der Waals surface area (Å²) in [5, 5.41) is 2.85. The zero-order chi connectivity index (χ0) is 15.4. The van der Waals surface area contributed by atoms with Crippen LogP contribution in [0.25, 0.3) is 0 Å². The molecule has 0 aliphatic rings. The molecule has 1 aromatic heterocycles. The van der Waals surface area contributed by atoms with Crippen LogP contribution in [0.3, 0.4) is 0 Å². The summed E-state index contributed by atoms with van der Waals surface area (Å²) in [5.74, 6) is 0.529. The second-order valence-electron chi connectivity index (χ2n) is 5.11. The highest BCUT2D eigenvalue weighted by molar-refractivity contribution is 5.93. The van der Waals surface area contributed by atoms with Crippen molar-refractivity contribution in [1.82, 2.24) is 9.97 Å². The van der Waals surface area contributed by atoms with E-state index in [4.69, 9.17) is 4.74 Å². The Morgan fingerprint density at radius 2 is 1.67 bits per heavy atom. The first-order chi connectivity index (χ1) is 9.97. The number of carbonyl (C=O) groups is 1. The number of benzene rings is 1. The van der Waals surface area contributed by atoms with Crippen molar-refractivity contribution in [1.29, 1.82) is 0 Å². The smallest absolute Gasteiger partial charge is 0.322 e. The predicted molar refractivity (Wildman–Crippen MR) is 81.5 cm³/mol. The van der Waals surface area contributed by atoms with E-state index >= 15 is 0 Å². The van der Waals surface area contributed by atoms with E-state index < -0.39 is 0 Å². The summed E-state index contributed by atoms with van der Waals surface area (Å²) in [5.41, 5.74) is 2.01. The maximum Gasteiger partial charge on any atom is 0.322 e. The molecular weight excluding hydrogens is 266 g/mol. The standard InChI is InChI=1S/C16H19N3O2/c1-10(2)15(20)19-14-11(3)17-16(18-12(14)4)21-13-8-6-5-7-9-13/h5-10H,1-4H3,(H,19,20). The van der Waals surface area contributed by atoms with Crippen LogP contribution in [0.4, 0.5) is 5.69 Å². The molecule has 0 fully saturated rings. The molecule has 0 bridgehead atoms. The van der Waals surface area contributed by atoms with Gasteiger partial charge in [-0.2, -0.15) is 9.97 Å². The third-order valence-corrected chi connectivity index (χ3v) is 2.98. The van der Waals surface area contributed by atoms with Crippen molar-refractivity contribution in [3.63, 3.8) is 0 Å². The van der Waals surface area contributed by atoms with E-state index in [0.717, 1.165) is 0 Å². The average molecular weight is 285 g/mol. The van der Waals surface area contributed by atoms with Crippen LogP contribution >= 0.6 is 0 Å². The molecule has 110 valence electrons. The fourth-order valence-electron chi connectivity index (χ4n) is 1.77. The molecule has 5 nitrogen and oxygen atoms in total. The SMILES string of the molecule is Cc1nc(Oc2ccccc2)nc(C)c1NC(=O)C(C)C. The van der Waals surface area contributed by atoms with Gasteiger partial charge in [0.15, 0.2) is 0 Å². The molecule has 0 aliphatic heterocycles. The van der Waals surface area contributed by atoms with Gasteiger partial charge < -0.3 is 10.1 Å². The van der Waals surface area contributed by atoms with Crippen LogP contribution < -0.4 is 10.1 Å². The van der Waals surface area contributed by atoms with Gasteiger partial charge in [0.05, 0.1) is 17.1 Å². The first-order valence-electron chi connectivity index (χ1n) is 6.86. The first-order valence-corrected chi connectivity index (χ1v) is 6.86. The average Bonchev–Trinajstić information content (AvgIpc) is 2.43. The number of nitrogens with one attached hydrogen (secondary N) is 1. The lowest BCUT2D eigenvalue weighted by atomic mass is 10.2. The summed E-state index contributed by atoms with van der Waals surface area (Å²) in [6.07, 6.45) is 0. The highest BCUT2D eigenvalue weighted by atomic mass is 16.5. The number of aryl methyl sites for hydroxylation is 2. The summed E-state index contributed by atoms with van der Waals surface area (Å²) >= 11 is 0. The van der Waals surface area contributed by atoms with Crippen LogP contribution in [-0.4, -0.2) is 15.9 Å². The molecule has 0 unspecified atom stereocenters. The fraction of sp³-hybridized carbons (Fsp3) is 0.312. The Balaban J connectivity index is 2.23. The number of nitrogens with zero attached hydrogens (tertiary/aromatic N) is 2. The second kappa shape index (κ2) is 6.35. The Morgan fingerprint density at radius 1 is 1.10 bits per heavy atom. The number of anilines is 1. The minimum Gasteiger partial charge on any atom is -0.424 e. The maximum atomic E-state index is 11.8. The topological polar surface area (TPSA) is 64.1 Å². The molecule has 21 heavy (non-hydrogen) atoms. The normalized spacial score (nSPS) is 10.5. The molecule has 2 rings (SSSR count). The number of rotatable bonds is 4. The fourth-order valence-corrected chi connectivity index (χ4v) is 1.77. The quantitative estimate of drug-likeness (QED) is 0.934. The molecule has 1 heterocycles. The molecule has 0 spiro atoms. The van der Waals surface area contributed by atoms with Crippen molar-refractivity contribution < 1.29 is 9.53 Å². The van der Waals surface area contributed by atoms with Crippen LogP contribution in [-0.2, 0) is 4.79 Å². The van der Waals surface area contributed by atoms with Gasteiger partial charge in [0, 0.05) is 5.92 Å². The van der Waals surface area contributed by atoms with Crippen molar-refractivity contribution in [3.8, 4) is 11.8 Å². The van der Waals surface area contributed by atoms with E-state index in [-0.39, 0.29) is 17.8 Å². The van der Waals surface area contributed by atoms with Gasteiger partial charge in [0.25, 0.3) is 0 Å². The molecule has 0 aliphatic carbocycles. The molecule has 0 saturated heterocycles. The molecule has 0 radical (unpaired) electrons. The van der Waals surface area contributed by atoms with Gasteiger partial charge in [-0.25, -0.2) is 0 Å². The Kier molecular flexibility index (Phi) is 4.52. The Labute approximate surface area is 124 Å². The molecule has 5 heteroatoms. The van der Waals surface area contributed by atoms with Gasteiger partial charge in [-0.3, -0.25) is 4.79 Å². The number of para-hydroxylation sites is 1. The first kappa shape index (κ1) is 15.0. The number of hydrogen-bond donors (Lipinski definition) is 1. The van der Waals surface area contributed by atoms with E-state index in [1.54, 1.807) is 0 Å². The number of hydrogen-bond acceptors (Lipinski definition) is 4. The van der Waals surface area contributed by atoms with Crippen molar-refractivity contribution >= 4 is 11.6 Å². The summed E-state index contributed by atoms with van der Waals surface area (Å²) in [4.78, 5) is 20.4. The van der Waals surface area contributed by atoms with E-state index in [9.17, 15) is 4.79 Å². The van der Waals surface area contributed by atoms with Crippen LogP contribution in [0.1, 0.15) is 25.2 Å². The lowest BCUT2D eigenvalue weighted by molar-refractivity contribution is -0.118. The molecule has 1 N–H and O–H groups in total. The van der Waals surface area contributed by atoms with Gasteiger partial charge in [-0.1, -0.05) is 32.0 Å². The van der Waals surface area contributed by atoms with Crippen LogP contribution in [0.5, 0.6) is 11.8 Å².